The summed E-state index contributed by atoms with van der Waals surface area (Å²) in [6, 6.07) is 6.48. The molecule has 0 radical (unpaired) electrons. The van der Waals surface area contributed by atoms with Crippen molar-refractivity contribution in [3.05, 3.63) is 48.0 Å². The van der Waals surface area contributed by atoms with Crippen LogP contribution in [0, 0.1) is 0 Å². The van der Waals surface area contributed by atoms with Crippen LogP contribution in [-0.2, 0) is 27.3 Å². The number of esters is 1. The summed E-state index contributed by atoms with van der Waals surface area (Å²) in [7, 11) is 0. The summed E-state index contributed by atoms with van der Waals surface area (Å²) in [5, 5.41) is 11.4. The largest absolute Gasteiger partial charge is 0.481 e. The molecule has 0 aromatic heterocycles. The zero-order valence-corrected chi connectivity index (χ0v) is 13.9. The number of hydrogen-bond donors (Lipinski definition) is 2. The predicted molar refractivity (Wildman–Crippen MR) is 90.9 cm³/mol. The molecule has 0 spiro atoms. The van der Waals surface area contributed by atoms with Crippen molar-refractivity contribution < 1.29 is 24.2 Å². The summed E-state index contributed by atoms with van der Waals surface area (Å²) in [6.45, 7) is 4.46. The Bertz CT molecular complexity index is 659. The number of carboxylic acids is 1. The molecule has 134 valence electrons. The summed E-state index contributed by atoms with van der Waals surface area (Å²) in [5.41, 5.74) is 2.28. The number of rotatable bonds is 7. The third-order valence-electron chi connectivity index (χ3n) is 3.99. The van der Waals surface area contributed by atoms with Gasteiger partial charge in [0.25, 0.3) is 0 Å². The fourth-order valence-corrected chi connectivity index (χ4v) is 2.67. The number of carbonyl (C=O) groups is 3. The van der Waals surface area contributed by atoms with Gasteiger partial charge in [-0.3, -0.25) is 4.79 Å². The van der Waals surface area contributed by atoms with Crippen molar-refractivity contribution in [2.75, 3.05) is 13.2 Å². The quantitative estimate of drug-likeness (QED) is 0.579. The molecule has 7 heteroatoms. The van der Waals surface area contributed by atoms with Gasteiger partial charge in [0.1, 0.15) is 12.6 Å². The Morgan fingerprint density at radius 3 is 2.72 bits per heavy atom. The van der Waals surface area contributed by atoms with Gasteiger partial charge in [0, 0.05) is 19.5 Å². The van der Waals surface area contributed by atoms with E-state index in [4.69, 9.17) is 9.84 Å². The summed E-state index contributed by atoms with van der Waals surface area (Å²) in [5.74, 6) is -1.70. The number of nitrogens with zero attached hydrogens (tertiary/aromatic N) is 1. The first-order chi connectivity index (χ1) is 12.0. The molecule has 7 nitrogen and oxygen atoms in total. The first-order valence-electron chi connectivity index (χ1n) is 8.12. The summed E-state index contributed by atoms with van der Waals surface area (Å²) in [6.07, 6.45) is 1.89. The van der Waals surface area contributed by atoms with Gasteiger partial charge in [-0.05, 0) is 24.0 Å². The van der Waals surface area contributed by atoms with E-state index in [1.165, 1.54) is 11.6 Å². The molecule has 1 aromatic carbocycles. The molecule has 0 saturated heterocycles. The van der Waals surface area contributed by atoms with Gasteiger partial charge in [0.05, 0.1) is 0 Å². The predicted octanol–water partition coefficient (Wildman–Crippen LogP) is 1.72. The topological polar surface area (TPSA) is 95.9 Å². The molecule has 2 N–H and O–H groups in total. The Hall–Kier alpha value is -2.83. The molecule has 1 aliphatic rings. The van der Waals surface area contributed by atoms with Gasteiger partial charge >= 0.3 is 18.0 Å². The zero-order chi connectivity index (χ0) is 18.2. The minimum atomic E-state index is -1.04. The molecule has 25 heavy (non-hydrogen) atoms. The molecule has 0 saturated carbocycles. The number of nitrogens with one attached hydrogen (secondary N) is 1. The number of aliphatic carboxylic acids is 1. The maximum absolute atomic E-state index is 12.5. The number of carboxylic acid groups (broad SMARTS) is 1. The number of urea groups is 1. The first-order valence-corrected chi connectivity index (χ1v) is 8.12. The Labute approximate surface area is 146 Å². The van der Waals surface area contributed by atoms with Crippen LogP contribution in [0.15, 0.2) is 36.9 Å². The number of hydrogen-bond acceptors (Lipinski definition) is 4. The Morgan fingerprint density at radius 2 is 2.04 bits per heavy atom. The third kappa shape index (κ3) is 5.34. The van der Waals surface area contributed by atoms with Crippen LogP contribution in [0.25, 0.3) is 0 Å². The Morgan fingerprint density at radius 1 is 1.32 bits per heavy atom. The lowest BCUT2D eigenvalue weighted by molar-refractivity contribution is -0.145. The first kappa shape index (κ1) is 18.5. The molecule has 0 fully saturated rings. The van der Waals surface area contributed by atoms with Crippen LogP contribution in [0.3, 0.4) is 0 Å². The average Bonchev–Trinajstić information content (AvgIpc) is 2.62. The third-order valence-corrected chi connectivity index (χ3v) is 3.99. The van der Waals surface area contributed by atoms with Crippen molar-refractivity contribution in [1.82, 2.24) is 10.2 Å². The lowest BCUT2D eigenvalue weighted by Gasteiger charge is -2.30. The standard InChI is InChI=1S/C18H22N2O5/c1-2-11-25-17(23)15(7-8-16(21)22)19-18(24)20-10-9-13-5-3-4-6-14(13)12-20/h2-6,15H,1,7-12H2,(H,19,24)(H,21,22)/t15-/m0/s1. The maximum Gasteiger partial charge on any atom is 0.329 e. The molecule has 1 aromatic rings. The zero-order valence-electron chi connectivity index (χ0n) is 13.9. The van der Waals surface area contributed by atoms with Gasteiger partial charge < -0.3 is 20.1 Å². The summed E-state index contributed by atoms with van der Waals surface area (Å²) < 4.78 is 4.95. The Kier molecular flexibility index (Phi) is 6.56. The van der Waals surface area contributed by atoms with Crippen LogP contribution < -0.4 is 5.32 Å². The van der Waals surface area contributed by atoms with Gasteiger partial charge in [-0.1, -0.05) is 36.9 Å². The van der Waals surface area contributed by atoms with Crippen LogP contribution in [0.2, 0.25) is 0 Å². The van der Waals surface area contributed by atoms with E-state index in [0.29, 0.717) is 13.1 Å². The van der Waals surface area contributed by atoms with E-state index in [-0.39, 0.29) is 19.4 Å². The summed E-state index contributed by atoms with van der Waals surface area (Å²) >= 11 is 0. The van der Waals surface area contributed by atoms with E-state index in [1.54, 1.807) is 4.90 Å². The second-order valence-electron chi connectivity index (χ2n) is 5.79. The highest BCUT2D eigenvalue weighted by Crippen LogP contribution is 2.18. The highest BCUT2D eigenvalue weighted by Gasteiger charge is 2.27. The van der Waals surface area contributed by atoms with Crippen LogP contribution >= 0.6 is 0 Å². The van der Waals surface area contributed by atoms with Crippen LogP contribution in [-0.4, -0.2) is 47.2 Å². The van der Waals surface area contributed by atoms with Crippen molar-refractivity contribution in [3.8, 4) is 0 Å². The SMILES string of the molecule is C=CCOC(=O)[C@H](CCC(=O)O)NC(=O)N1CCc2ccccc2C1. The van der Waals surface area contributed by atoms with Gasteiger partial charge in [0.2, 0.25) is 0 Å². The number of carbonyl (C=O) groups excluding carboxylic acids is 2. The fourth-order valence-electron chi connectivity index (χ4n) is 2.67. The normalized spacial score (nSPS) is 14.2. The van der Waals surface area contributed by atoms with E-state index in [0.717, 1.165) is 12.0 Å². The highest BCUT2D eigenvalue weighted by molar-refractivity contribution is 5.84. The molecule has 2 rings (SSSR count). The van der Waals surface area contributed by atoms with Crippen molar-refractivity contribution >= 4 is 18.0 Å². The van der Waals surface area contributed by atoms with Gasteiger partial charge in [-0.25, -0.2) is 9.59 Å². The molecular weight excluding hydrogens is 324 g/mol. The van der Waals surface area contributed by atoms with Crippen LogP contribution in [0.5, 0.6) is 0 Å². The highest BCUT2D eigenvalue weighted by atomic mass is 16.5. The molecule has 2 amide bonds. The molecule has 1 aliphatic heterocycles. The molecular formula is C18H22N2O5. The van der Waals surface area contributed by atoms with Gasteiger partial charge in [-0.15, -0.1) is 0 Å². The number of fused-ring (bicyclic) bond motifs is 1. The molecule has 0 bridgehead atoms. The summed E-state index contributed by atoms with van der Waals surface area (Å²) in [4.78, 5) is 36.9. The molecule has 1 heterocycles. The van der Waals surface area contributed by atoms with E-state index in [1.807, 2.05) is 24.3 Å². The van der Waals surface area contributed by atoms with Crippen molar-refractivity contribution in [3.63, 3.8) is 0 Å². The second-order valence-corrected chi connectivity index (χ2v) is 5.79. The number of ether oxygens (including phenoxy) is 1. The minimum absolute atomic E-state index is 0.00929. The van der Waals surface area contributed by atoms with E-state index < -0.39 is 24.0 Å². The van der Waals surface area contributed by atoms with E-state index in [9.17, 15) is 14.4 Å². The van der Waals surface area contributed by atoms with Crippen molar-refractivity contribution in [2.45, 2.75) is 31.8 Å². The Balaban J connectivity index is 1.99. The number of amides is 2. The molecule has 0 unspecified atom stereocenters. The van der Waals surface area contributed by atoms with Gasteiger partial charge in [0.15, 0.2) is 0 Å². The smallest absolute Gasteiger partial charge is 0.329 e. The monoisotopic (exact) mass is 346 g/mol. The van der Waals surface area contributed by atoms with Crippen LogP contribution in [0.1, 0.15) is 24.0 Å². The molecule has 0 aliphatic carbocycles. The lowest BCUT2D eigenvalue weighted by Crippen LogP contribution is -2.49. The maximum atomic E-state index is 12.5. The van der Waals surface area contributed by atoms with Crippen LogP contribution in [0.4, 0.5) is 4.79 Å². The lowest BCUT2D eigenvalue weighted by atomic mass is 10.0. The van der Waals surface area contributed by atoms with E-state index >= 15 is 0 Å². The average molecular weight is 346 g/mol. The van der Waals surface area contributed by atoms with Crippen molar-refractivity contribution in [2.24, 2.45) is 0 Å². The molecule has 1 atom stereocenters. The van der Waals surface area contributed by atoms with Gasteiger partial charge in [-0.2, -0.15) is 0 Å². The second kappa shape index (κ2) is 8.86. The van der Waals surface area contributed by atoms with Crippen molar-refractivity contribution in [1.29, 1.82) is 0 Å². The number of benzene rings is 1. The minimum Gasteiger partial charge on any atom is -0.481 e. The fraction of sp³-hybridized carbons (Fsp3) is 0.389. The van der Waals surface area contributed by atoms with E-state index in [2.05, 4.69) is 11.9 Å².